The first-order valence-electron chi connectivity index (χ1n) is 9.97. The van der Waals surface area contributed by atoms with E-state index in [2.05, 4.69) is 15.6 Å². The highest BCUT2D eigenvalue weighted by atomic mass is 32.1. The number of hydrogen-bond acceptors (Lipinski definition) is 10. The molecule has 0 saturated carbocycles. The molecule has 0 aliphatic rings. The summed E-state index contributed by atoms with van der Waals surface area (Å²) in [5.41, 5.74) is 7.02. The third kappa shape index (κ3) is 6.12. The van der Waals surface area contributed by atoms with Crippen LogP contribution in [0, 0.1) is 0 Å². The summed E-state index contributed by atoms with van der Waals surface area (Å²) in [6.45, 7) is 0.229. The first-order chi connectivity index (χ1) is 15.6. The van der Waals surface area contributed by atoms with Gasteiger partial charge in [-0.25, -0.2) is 4.98 Å². The Hall–Kier alpha value is -2.90. The van der Waals surface area contributed by atoms with Crippen LogP contribution in [0.5, 0.6) is 0 Å². The van der Waals surface area contributed by atoms with Gasteiger partial charge in [-0.2, -0.15) is 0 Å². The van der Waals surface area contributed by atoms with E-state index >= 15 is 0 Å². The highest BCUT2D eigenvalue weighted by molar-refractivity contribution is 7.13. The fraction of sp³-hybridized carbons (Fsp3) is 0.273. The van der Waals surface area contributed by atoms with Gasteiger partial charge in [0.15, 0.2) is 11.2 Å². The number of thiazole rings is 1. The van der Waals surface area contributed by atoms with Crippen molar-refractivity contribution >= 4 is 28.1 Å². The molecule has 1 unspecified atom stereocenters. The van der Waals surface area contributed by atoms with Crippen molar-refractivity contribution < 1.29 is 30.0 Å². The van der Waals surface area contributed by atoms with Crippen LogP contribution in [0.4, 0.5) is 10.8 Å². The number of nitrogens with two attached hydrogens (primary N) is 1. The summed E-state index contributed by atoms with van der Waals surface area (Å²) in [6, 6.07) is 15.5. The SMILES string of the molecule is COC(c1ccccc1)C(O)(O)NCCc1ccc(NC(=O)C(O)(O)c2csc(N)n2)cc1. The third-order valence-corrected chi connectivity index (χ3v) is 5.58. The Balaban J connectivity index is 1.55. The van der Waals surface area contributed by atoms with Gasteiger partial charge in [-0.3, -0.25) is 10.1 Å². The molecule has 0 saturated heterocycles. The van der Waals surface area contributed by atoms with Crippen molar-refractivity contribution in [1.29, 1.82) is 0 Å². The van der Waals surface area contributed by atoms with Crippen LogP contribution < -0.4 is 16.4 Å². The maximum atomic E-state index is 12.3. The van der Waals surface area contributed by atoms with Crippen molar-refractivity contribution in [2.24, 2.45) is 0 Å². The van der Waals surface area contributed by atoms with Gasteiger partial charge in [0.2, 0.25) is 0 Å². The summed E-state index contributed by atoms with van der Waals surface area (Å²) < 4.78 is 5.26. The van der Waals surface area contributed by atoms with E-state index in [9.17, 15) is 25.2 Å². The van der Waals surface area contributed by atoms with Crippen LogP contribution in [0.1, 0.15) is 22.9 Å². The molecule has 8 N–H and O–H groups in total. The zero-order chi connectivity index (χ0) is 24.1. The van der Waals surface area contributed by atoms with E-state index < -0.39 is 23.7 Å². The van der Waals surface area contributed by atoms with Crippen molar-refractivity contribution in [3.05, 3.63) is 76.8 Å². The number of methoxy groups -OCH3 is 1. The number of ether oxygens (including phenoxy) is 1. The quantitative estimate of drug-likeness (QED) is 0.209. The molecule has 1 aromatic heterocycles. The number of amides is 1. The highest BCUT2D eigenvalue weighted by Gasteiger charge is 2.38. The molecule has 11 heteroatoms. The third-order valence-electron chi connectivity index (χ3n) is 4.91. The molecule has 2 aromatic carbocycles. The number of nitrogen functional groups attached to an aromatic ring is 1. The van der Waals surface area contributed by atoms with E-state index in [0.29, 0.717) is 17.7 Å². The Kier molecular flexibility index (Phi) is 7.76. The summed E-state index contributed by atoms with van der Waals surface area (Å²) in [5, 5.41) is 47.5. The zero-order valence-electron chi connectivity index (χ0n) is 17.8. The lowest BCUT2D eigenvalue weighted by Crippen LogP contribution is -2.51. The molecule has 3 aromatic rings. The van der Waals surface area contributed by atoms with Crippen LogP contribution in [0.25, 0.3) is 0 Å². The van der Waals surface area contributed by atoms with E-state index in [1.54, 1.807) is 48.5 Å². The maximum Gasteiger partial charge on any atom is 0.291 e. The number of benzene rings is 2. The van der Waals surface area contributed by atoms with Crippen LogP contribution in [-0.2, 0) is 21.7 Å². The highest BCUT2D eigenvalue weighted by Crippen LogP contribution is 2.26. The number of carbonyl (C=O) groups excluding carboxylic acids is 1. The number of hydrogen-bond donors (Lipinski definition) is 7. The summed E-state index contributed by atoms with van der Waals surface area (Å²) in [5.74, 6) is -6.17. The Labute approximate surface area is 194 Å². The lowest BCUT2D eigenvalue weighted by Gasteiger charge is -2.31. The van der Waals surface area contributed by atoms with Crippen molar-refractivity contribution in [3.8, 4) is 0 Å². The topological polar surface area (TPSA) is 170 Å². The summed E-state index contributed by atoms with van der Waals surface area (Å²) in [4.78, 5) is 16.0. The smallest absolute Gasteiger partial charge is 0.291 e. The number of rotatable bonds is 10. The van der Waals surface area contributed by atoms with Gasteiger partial charge in [-0.15, -0.1) is 11.3 Å². The van der Waals surface area contributed by atoms with Crippen LogP contribution in [-0.4, -0.2) is 50.9 Å². The van der Waals surface area contributed by atoms with Crippen molar-refractivity contribution in [2.45, 2.75) is 24.2 Å². The average molecular weight is 475 g/mol. The molecule has 3 rings (SSSR count). The normalized spacial score (nSPS) is 13.0. The predicted octanol–water partition coefficient (Wildman–Crippen LogP) is 0.660. The fourth-order valence-corrected chi connectivity index (χ4v) is 3.78. The van der Waals surface area contributed by atoms with Crippen molar-refractivity contribution in [1.82, 2.24) is 10.3 Å². The minimum atomic E-state index is -2.82. The molecule has 1 atom stereocenters. The summed E-state index contributed by atoms with van der Waals surface area (Å²) in [6.07, 6.45) is -0.536. The Bertz CT molecular complexity index is 1060. The van der Waals surface area contributed by atoms with Crippen LogP contribution in [0.15, 0.2) is 60.0 Å². The Morgan fingerprint density at radius 2 is 1.79 bits per heavy atom. The van der Waals surface area contributed by atoms with E-state index in [1.165, 1.54) is 12.5 Å². The van der Waals surface area contributed by atoms with Crippen LogP contribution >= 0.6 is 11.3 Å². The molecular formula is C22H26N4O6S. The second kappa shape index (κ2) is 10.4. The summed E-state index contributed by atoms with van der Waals surface area (Å²) in [7, 11) is 1.39. The lowest BCUT2D eigenvalue weighted by atomic mass is 10.1. The van der Waals surface area contributed by atoms with E-state index in [1.807, 2.05) is 6.07 Å². The Morgan fingerprint density at radius 3 is 2.36 bits per heavy atom. The molecule has 0 spiro atoms. The standard InChI is InChI=1S/C22H26N4O6S/c1-32-18(15-5-3-2-4-6-15)22(30,31)24-12-11-14-7-9-16(10-8-14)25-19(27)21(28,29)17-13-33-20(23)26-17/h2-10,13,18,24,28-31H,11-12H2,1H3,(H2,23,26)(H,25,27). The fourth-order valence-electron chi connectivity index (χ4n) is 3.18. The first kappa shape index (κ1) is 24.7. The number of aliphatic hydroxyl groups is 4. The molecule has 10 nitrogen and oxygen atoms in total. The number of carbonyl (C=O) groups is 1. The van der Waals surface area contributed by atoms with Gasteiger partial charge in [0.05, 0.1) is 0 Å². The molecule has 0 aliphatic carbocycles. The van der Waals surface area contributed by atoms with Gasteiger partial charge in [0, 0.05) is 24.7 Å². The van der Waals surface area contributed by atoms with Gasteiger partial charge in [-0.05, 0) is 29.7 Å². The average Bonchev–Trinajstić information content (AvgIpc) is 3.23. The molecule has 0 radical (unpaired) electrons. The van der Waals surface area contributed by atoms with Crippen molar-refractivity contribution in [2.75, 3.05) is 24.7 Å². The molecule has 176 valence electrons. The minimum absolute atomic E-state index is 0.110. The molecule has 0 bridgehead atoms. The summed E-state index contributed by atoms with van der Waals surface area (Å²) >= 11 is 0.985. The van der Waals surface area contributed by atoms with E-state index in [4.69, 9.17) is 10.5 Å². The molecule has 33 heavy (non-hydrogen) atoms. The number of aromatic nitrogens is 1. The molecule has 0 aliphatic heterocycles. The van der Waals surface area contributed by atoms with Crippen molar-refractivity contribution in [3.63, 3.8) is 0 Å². The van der Waals surface area contributed by atoms with Gasteiger partial charge in [-0.1, -0.05) is 42.5 Å². The number of nitrogens with zero attached hydrogens (tertiary/aromatic N) is 1. The molecular weight excluding hydrogens is 448 g/mol. The largest absolute Gasteiger partial charge is 0.375 e. The van der Waals surface area contributed by atoms with E-state index in [0.717, 1.165) is 16.9 Å². The first-order valence-corrected chi connectivity index (χ1v) is 10.9. The predicted molar refractivity (Wildman–Crippen MR) is 123 cm³/mol. The zero-order valence-corrected chi connectivity index (χ0v) is 18.6. The minimum Gasteiger partial charge on any atom is -0.375 e. The Morgan fingerprint density at radius 1 is 1.12 bits per heavy atom. The second-order valence-corrected chi connectivity index (χ2v) is 8.21. The van der Waals surface area contributed by atoms with Crippen LogP contribution in [0.2, 0.25) is 0 Å². The lowest BCUT2D eigenvalue weighted by molar-refractivity contribution is -0.254. The molecule has 1 amide bonds. The molecule has 0 fully saturated rings. The van der Waals surface area contributed by atoms with Gasteiger partial charge < -0.3 is 36.2 Å². The van der Waals surface area contributed by atoms with Gasteiger partial charge in [0.1, 0.15) is 5.69 Å². The van der Waals surface area contributed by atoms with Gasteiger partial charge >= 0.3 is 0 Å². The second-order valence-electron chi connectivity index (χ2n) is 7.32. The van der Waals surface area contributed by atoms with E-state index in [-0.39, 0.29) is 17.4 Å². The monoisotopic (exact) mass is 474 g/mol. The maximum absolute atomic E-state index is 12.3. The van der Waals surface area contributed by atoms with Crippen LogP contribution in [0.3, 0.4) is 0 Å². The number of nitrogens with one attached hydrogen (secondary N) is 2. The number of anilines is 2. The van der Waals surface area contributed by atoms with Gasteiger partial charge in [0.25, 0.3) is 17.6 Å². The molecule has 1 heterocycles.